The second-order valence-corrected chi connectivity index (χ2v) is 3.85. The van der Waals surface area contributed by atoms with Crippen LogP contribution in [0.25, 0.3) is 0 Å². The predicted molar refractivity (Wildman–Crippen MR) is 56.9 cm³/mol. The fourth-order valence-corrected chi connectivity index (χ4v) is 1.74. The van der Waals surface area contributed by atoms with Crippen LogP contribution >= 0.6 is 11.8 Å². The van der Waals surface area contributed by atoms with Gasteiger partial charge >= 0.3 is 5.97 Å². The van der Waals surface area contributed by atoms with Gasteiger partial charge in [-0.15, -0.1) is 11.8 Å². The number of aromatic hydroxyl groups is 1. The van der Waals surface area contributed by atoms with Crippen LogP contribution in [0.4, 0.5) is 0 Å². The normalized spacial score (nSPS) is 9.93. The van der Waals surface area contributed by atoms with E-state index in [1.807, 2.05) is 5.59 Å². The Hall–Kier alpha value is -1.24. The van der Waals surface area contributed by atoms with Gasteiger partial charge in [-0.05, 0) is 24.3 Å². The van der Waals surface area contributed by atoms with Crippen molar-refractivity contribution in [3.8, 4) is 5.75 Å². The minimum Gasteiger partial charge on any atom is -0.508 e. The molecule has 0 aliphatic rings. The zero-order chi connectivity index (χ0) is 11.1. The standard InChI is InChI=1S/C9H12N2O3S/c10-11-14-9(13)5-6-15-8-3-1-7(12)2-4-8/h1-4,11-12H,5-6,10H2. The molecule has 1 rings (SSSR count). The third-order valence-corrected chi connectivity index (χ3v) is 2.60. The van der Waals surface area contributed by atoms with Gasteiger partial charge in [-0.3, -0.25) is 4.79 Å². The van der Waals surface area contributed by atoms with Gasteiger partial charge in [0.15, 0.2) is 0 Å². The zero-order valence-corrected chi connectivity index (χ0v) is 8.79. The van der Waals surface area contributed by atoms with Gasteiger partial charge < -0.3 is 9.94 Å². The molecule has 0 fully saturated rings. The average Bonchev–Trinajstić information content (AvgIpc) is 2.21. The molecule has 4 N–H and O–H groups in total. The Kier molecular flexibility index (Phi) is 4.96. The van der Waals surface area contributed by atoms with E-state index < -0.39 is 5.97 Å². The number of rotatable bonds is 5. The highest BCUT2D eigenvalue weighted by atomic mass is 32.2. The Morgan fingerprint density at radius 1 is 1.47 bits per heavy atom. The molecule has 0 saturated heterocycles. The Labute approximate surface area is 91.5 Å². The fourth-order valence-electron chi connectivity index (χ4n) is 0.911. The third-order valence-electron chi connectivity index (χ3n) is 1.58. The minimum atomic E-state index is -0.399. The fraction of sp³-hybridized carbons (Fsp3) is 0.222. The number of thioether (sulfide) groups is 1. The first-order chi connectivity index (χ1) is 7.22. The zero-order valence-electron chi connectivity index (χ0n) is 7.97. The van der Waals surface area contributed by atoms with Crippen LogP contribution in [0.15, 0.2) is 29.2 Å². The maximum Gasteiger partial charge on any atom is 0.327 e. The lowest BCUT2D eigenvalue weighted by Gasteiger charge is -2.01. The van der Waals surface area contributed by atoms with Crippen molar-refractivity contribution in [1.82, 2.24) is 5.59 Å². The summed E-state index contributed by atoms with van der Waals surface area (Å²) in [5, 5.41) is 9.03. The number of nitrogens with one attached hydrogen (secondary N) is 1. The Morgan fingerprint density at radius 3 is 2.73 bits per heavy atom. The molecule has 0 spiro atoms. The number of benzene rings is 1. The van der Waals surface area contributed by atoms with Crippen LogP contribution in [0.2, 0.25) is 0 Å². The van der Waals surface area contributed by atoms with Gasteiger partial charge in [0, 0.05) is 10.6 Å². The number of phenolic OH excluding ortho intramolecular Hbond substituents is 1. The maximum atomic E-state index is 10.9. The molecule has 82 valence electrons. The van der Waals surface area contributed by atoms with E-state index >= 15 is 0 Å². The monoisotopic (exact) mass is 228 g/mol. The van der Waals surface area contributed by atoms with Gasteiger partial charge in [0.2, 0.25) is 0 Å². The Bertz CT molecular complexity index is 316. The van der Waals surface area contributed by atoms with Crippen LogP contribution < -0.4 is 11.4 Å². The number of phenols is 1. The summed E-state index contributed by atoms with van der Waals surface area (Å²) in [4.78, 5) is 16.2. The van der Waals surface area contributed by atoms with Crippen molar-refractivity contribution in [3.05, 3.63) is 24.3 Å². The highest BCUT2D eigenvalue weighted by Crippen LogP contribution is 2.21. The highest BCUT2D eigenvalue weighted by molar-refractivity contribution is 7.99. The van der Waals surface area contributed by atoms with E-state index in [-0.39, 0.29) is 12.2 Å². The smallest absolute Gasteiger partial charge is 0.327 e. The number of carbonyl (C=O) groups excluding carboxylic acids is 1. The van der Waals surface area contributed by atoms with Crippen LogP contribution in [0, 0.1) is 0 Å². The average molecular weight is 228 g/mol. The molecule has 0 amide bonds. The van der Waals surface area contributed by atoms with Gasteiger partial charge in [0.05, 0.1) is 6.42 Å². The van der Waals surface area contributed by atoms with Crippen molar-refractivity contribution in [2.24, 2.45) is 5.84 Å². The van der Waals surface area contributed by atoms with E-state index in [2.05, 4.69) is 4.84 Å². The molecule has 1 aromatic rings. The van der Waals surface area contributed by atoms with Gasteiger partial charge in [0.1, 0.15) is 5.75 Å². The van der Waals surface area contributed by atoms with Crippen molar-refractivity contribution < 1.29 is 14.7 Å². The van der Waals surface area contributed by atoms with Crippen molar-refractivity contribution in [3.63, 3.8) is 0 Å². The van der Waals surface area contributed by atoms with Crippen LogP contribution in [-0.2, 0) is 9.63 Å². The number of nitrogens with two attached hydrogens (primary N) is 1. The summed E-state index contributed by atoms with van der Waals surface area (Å²) < 4.78 is 0. The van der Waals surface area contributed by atoms with Gasteiger partial charge in [-0.2, -0.15) is 0 Å². The third kappa shape index (κ3) is 4.68. The first kappa shape index (κ1) is 11.8. The lowest BCUT2D eigenvalue weighted by Crippen LogP contribution is -2.26. The van der Waals surface area contributed by atoms with E-state index in [9.17, 15) is 4.79 Å². The van der Waals surface area contributed by atoms with Crippen LogP contribution in [0.5, 0.6) is 5.75 Å². The molecule has 0 saturated carbocycles. The molecular formula is C9H12N2O3S. The van der Waals surface area contributed by atoms with E-state index in [0.717, 1.165) is 4.90 Å². The van der Waals surface area contributed by atoms with Crippen molar-refractivity contribution >= 4 is 17.7 Å². The largest absolute Gasteiger partial charge is 0.508 e. The molecule has 0 radical (unpaired) electrons. The predicted octanol–water partition coefficient (Wildman–Crippen LogP) is 0.796. The summed E-state index contributed by atoms with van der Waals surface area (Å²) in [6, 6.07) is 6.77. The molecule has 0 bridgehead atoms. The van der Waals surface area contributed by atoms with E-state index in [0.29, 0.717) is 5.75 Å². The van der Waals surface area contributed by atoms with Gasteiger partial charge in [-0.1, -0.05) is 5.59 Å². The molecule has 0 atom stereocenters. The summed E-state index contributed by atoms with van der Waals surface area (Å²) in [5.41, 5.74) is 1.83. The first-order valence-corrected chi connectivity index (χ1v) is 5.28. The second kappa shape index (κ2) is 6.28. The molecule has 15 heavy (non-hydrogen) atoms. The topological polar surface area (TPSA) is 84.6 Å². The van der Waals surface area contributed by atoms with E-state index in [1.54, 1.807) is 24.3 Å². The van der Waals surface area contributed by atoms with E-state index in [1.165, 1.54) is 11.8 Å². The van der Waals surface area contributed by atoms with Crippen molar-refractivity contribution in [2.75, 3.05) is 5.75 Å². The maximum absolute atomic E-state index is 10.9. The lowest BCUT2D eigenvalue weighted by molar-refractivity contribution is -0.150. The Morgan fingerprint density at radius 2 is 2.13 bits per heavy atom. The summed E-state index contributed by atoms with van der Waals surface area (Å²) in [6.07, 6.45) is 0.274. The molecule has 0 heterocycles. The van der Waals surface area contributed by atoms with Crippen LogP contribution in [0.1, 0.15) is 6.42 Å². The molecule has 0 unspecified atom stereocenters. The number of hydrogen-bond acceptors (Lipinski definition) is 6. The second-order valence-electron chi connectivity index (χ2n) is 2.68. The van der Waals surface area contributed by atoms with Crippen molar-refractivity contribution in [2.45, 2.75) is 11.3 Å². The molecule has 1 aromatic carbocycles. The first-order valence-electron chi connectivity index (χ1n) is 4.29. The molecule has 0 aromatic heterocycles. The van der Waals surface area contributed by atoms with Crippen LogP contribution in [-0.4, -0.2) is 16.8 Å². The minimum absolute atomic E-state index is 0.228. The summed E-state index contributed by atoms with van der Waals surface area (Å²) in [5.74, 6) is 5.23. The summed E-state index contributed by atoms with van der Waals surface area (Å²) in [7, 11) is 0. The van der Waals surface area contributed by atoms with Gasteiger partial charge in [-0.25, -0.2) is 5.84 Å². The molecule has 0 aliphatic carbocycles. The molecule has 0 aliphatic heterocycles. The van der Waals surface area contributed by atoms with Crippen molar-refractivity contribution in [1.29, 1.82) is 0 Å². The SMILES string of the molecule is NNOC(=O)CCSc1ccc(O)cc1. The number of hydrogen-bond donors (Lipinski definition) is 3. The lowest BCUT2D eigenvalue weighted by atomic mass is 10.3. The Balaban J connectivity index is 2.26. The van der Waals surface area contributed by atoms with Gasteiger partial charge in [0.25, 0.3) is 0 Å². The molecule has 5 nitrogen and oxygen atoms in total. The molecular weight excluding hydrogens is 216 g/mol. The number of hydrazine groups is 1. The number of carbonyl (C=O) groups is 1. The van der Waals surface area contributed by atoms with E-state index in [4.69, 9.17) is 10.9 Å². The quantitative estimate of drug-likeness (QED) is 0.392. The highest BCUT2D eigenvalue weighted by Gasteiger charge is 2.02. The summed E-state index contributed by atoms with van der Waals surface area (Å²) in [6.45, 7) is 0. The molecule has 6 heteroatoms. The van der Waals surface area contributed by atoms with Crippen LogP contribution in [0.3, 0.4) is 0 Å². The summed E-state index contributed by atoms with van der Waals surface area (Å²) >= 11 is 1.50.